The molecule has 0 radical (unpaired) electrons. The third-order valence-electron chi connectivity index (χ3n) is 2.54. The summed E-state index contributed by atoms with van der Waals surface area (Å²) in [6, 6.07) is 9.43. The van der Waals surface area contributed by atoms with Crippen LogP contribution < -0.4 is 0 Å². The summed E-state index contributed by atoms with van der Waals surface area (Å²) < 4.78 is 10.9. The van der Waals surface area contributed by atoms with E-state index in [2.05, 4.69) is 10.0 Å². The minimum atomic E-state index is -0.763. The van der Waals surface area contributed by atoms with Gasteiger partial charge in [-0.1, -0.05) is 35.4 Å². The fraction of sp³-hybridized carbons (Fsp3) is 0.455. The minimum absolute atomic E-state index is 0.102. The summed E-state index contributed by atoms with van der Waals surface area (Å²) in [6.07, 6.45) is -1.80. The number of benzene rings is 1. The fourth-order valence-electron chi connectivity index (χ4n) is 1.65. The lowest BCUT2D eigenvalue weighted by Gasteiger charge is -2.33. The molecular formula is C11H13N3O3. The van der Waals surface area contributed by atoms with Crippen LogP contribution in [0.15, 0.2) is 35.4 Å². The van der Waals surface area contributed by atoms with E-state index in [1.54, 1.807) is 0 Å². The molecule has 17 heavy (non-hydrogen) atoms. The second-order valence-electron chi connectivity index (χ2n) is 3.73. The maximum atomic E-state index is 9.63. The van der Waals surface area contributed by atoms with Gasteiger partial charge in [-0.25, -0.2) is 0 Å². The van der Waals surface area contributed by atoms with Crippen molar-refractivity contribution in [2.24, 2.45) is 5.11 Å². The monoisotopic (exact) mass is 235 g/mol. The van der Waals surface area contributed by atoms with Gasteiger partial charge in [-0.3, -0.25) is 0 Å². The van der Waals surface area contributed by atoms with Crippen LogP contribution in [0.4, 0.5) is 0 Å². The smallest absolute Gasteiger partial charge is 0.184 e. The predicted molar refractivity (Wildman–Crippen MR) is 60.0 cm³/mol. The summed E-state index contributed by atoms with van der Waals surface area (Å²) in [7, 11) is 0. The van der Waals surface area contributed by atoms with Gasteiger partial charge in [0.15, 0.2) is 6.29 Å². The highest BCUT2D eigenvalue weighted by atomic mass is 16.7. The van der Waals surface area contributed by atoms with Gasteiger partial charge in [-0.2, -0.15) is 0 Å². The number of hydrogen-bond donors (Lipinski definition) is 1. The van der Waals surface area contributed by atoms with Crippen LogP contribution >= 0.6 is 0 Å². The van der Waals surface area contributed by atoms with Crippen molar-refractivity contribution in [3.63, 3.8) is 0 Å². The average Bonchev–Trinajstić information content (AvgIpc) is 2.39. The Morgan fingerprint density at radius 2 is 2.18 bits per heavy atom. The van der Waals surface area contributed by atoms with E-state index in [1.165, 1.54) is 0 Å². The average molecular weight is 235 g/mol. The van der Waals surface area contributed by atoms with E-state index < -0.39 is 18.5 Å². The highest BCUT2D eigenvalue weighted by molar-refractivity contribution is 5.16. The Morgan fingerprint density at radius 1 is 1.41 bits per heavy atom. The Hall–Kier alpha value is -1.59. The molecule has 1 aliphatic rings. The van der Waals surface area contributed by atoms with Crippen LogP contribution in [0.25, 0.3) is 10.4 Å². The first-order valence-electron chi connectivity index (χ1n) is 5.32. The van der Waals surface area contributed by atoms with Crippen LogP contribution in [0.1, 0.15) is 11.9 Å². The Labute approximate surface area is 98.4 Å². The largest absolute Gasteiger partial charge is 0.388 e. The number of aliphatic hydroxyl groups is 1. The second-order valence-corrected chi connectivity index (χ2v) is 3.73. The predicted octanol–water partition coefficient (Wildman–Crippen LogP) is 1.77. The van der Waals surface area contributed by atoms with Crippen molar-refractivity contribution >= 4 is 0 Å². The van der Waals surface area contributed by atoms with Gasteiger partial charge in [0.25, 0.3) is 0 Å². The molecule has 2 rings (SSSR count). The van der Waals surface area contributed by atoms with Crippen LogP contribution in [0.5, 0.6) is 0 Å². The Morgan fingerprint density at radius 3 is 2.88 bits per heavy atom. The molecule has 1 aromatic rings. The van der Waals surface area contributed by atoms with Gasteiger partial charge in [0.05, 0.1) is 19.3 Å². The molecule has 1 saturated heterocycles. The highest BCUT2D eigenvalue weighted by Gasteiger charge is 2.30. The zero-order valence-corrected chi connectivity index (χ0v) is 9.14. The molecular weight excluding hydrogens is 222 g/mol. The summed E-state index contributed by atoms with van der Waals surface area (Å²) in [5.41, 5.74) is 9.14. The first kappa shape index (κ1) is 11.9. The lowest BCUT2D eigenvalue weighted by Crippen LogP contribution is -2.42. The SMILES string of the molecule is [N-]=[N+]=NCC1OC(c2ccccc2)OCC1O. The molecule has 0 bridgehead atoms. The molecule has 1 fully saturated rings. The van der Waals surface area contributed by atoms with Crippen LogP contribution in [0, 0.1) is 0 Å². The maximum Gasteiger partial charge on any atom is 0.184 e. The van der Waals surface area contributed by atoms with E-state index in [1.807, 2.05) is 30.3 Å². The normalized spacial score (nSPS) is 28.4. The molecule has 3 atom stereocenters. The zero-order chi connectivity index (χ0) is 12.1. The summed E-state index contributed by atoms with van der Waals surface area (Å²) in [5.74, 6) is 0. The van der Waals surface area contributed by atoms with Crippen molar-refractivity contribution in [3.05, 3.63) is 46.3 Å². The molecule has 1 aliphatic heterocycles. The van der Waals surface area contributed by atoms with Crippen molar-refractivity contribution in [2.45, 2.75) is 18.5 Å². The minimum Gasteiger partial charge on any atom is -0.388 e. The molecule has 3 unspecified atom stereocenters. The molecule has 0 amide bonds. The van der Waals surface area contributed by atoms with Gasteiger partial charge >= 0.3 is 0 Å². The van der Waals surface area contributed by atoms with Crippen molar-refractivity contribution in [2.75, 3.05) is 13.2 Å². The first-order valence-corrected chi connectivity index (χ1v) is 5.32. The highest BCUT2D eigenvalue weighted by Crippen LogP contribution is 2.26. The lowest BCUT2D eigenvalue weighted by molar-refractivity contribution is -0.253. The topological polar surface area (TPSA) is 87.5 Å². The standard InChI is InChI=1S/C11H13N3O3/c12-14-13-6-10-9(15)7-16-11(17-10)8-4-2-1-3-5-8/h1-5,9-11,15H,6-7H2. The van der Waals surface area contributed by atoms with Crippen LogP contribution in [-0.4, -0.2) is 30.5 Å². The Kier molecular flexibility index (Phi) is 3.95. The van der Waals surface area contributed by atoms with Gasteiger partial charge in [-0.15, -0.1) is 0 Å². The number of aliphatic hydroxyl groups excluding tert-OH is 1. The van der Waals surface area contributed by atoms with Gasteiger partial charge in [0, 0.05) is 10.5 Å². The second kappa shape index (κ2) is 5.65. The number of ether oxygens (including phenoxy) is 2. The summed E-state index contributed by atoms with van der Waals surface area (Å²) in [6.45, 7) is 0.273. The number of hydrogen-bond acceptors (Lipinski definition) is 4. The van der Waals surface area contributed by atoms with E-state index in [4.69, 9.17) is 15.0 Å². The molecule has 0 aliphatic carbocycles. The van der Waals surface area contributed by atoms with Gasteiger partial charge in [0.1, 0.15) is 6.10 Å². The van der Waals surface area contributed by atoms with E-state index in [0.29, 0.717) is 0 Å². The molecule has 0 saturated carbocycles. The van der Waals surface area contributed by atoms with Crippen molar-refractivity contribution < 1.29 is 14.6 Å². The van der Waals surface area contributed by atoms with Gasteiger partial charge in [0.2, 0.25) is 0 Å². The summed E-state index contributed by atoms with van der Waals surface area (Å²) >= 11 is 0. The van der Waals surface area contributed by atoms with E-state index in [-0.39, 0.29) is 13.2 Å². The number of rotatable bonds is 3. The molecule has 1 aromatic carbocycles. The van der Waals surface area contributed by atoms with Gasteiger partial charge < -0.3 is 14.6 Å². The zero-order valence-electron chi connectivity index (χ0n) is 9.14. The molecule has 0 aromatic heterocycles. The first-order chi connectivity index (χ1) is 8.31. The lowest BCUT2D eigenvalue weighted by atomic mass is 10.1. The van der Waals surface area contributed by atoms with Crippen LogP contribution in [0.2, 0.25) is 0 Å². The van der Waals surface area contributed by atoms with E-state index in [9.17, 15) is 5.11 Å². The van der Waals surface area contributed by atoms with E-state index in [0.717, 1.165) is 5.56 Å². The van der Waals surface area contributed by atoms with Crippen molar-refractivity contribution in [1.29, 1.82) is 0 Å². The van der Waals surface area contributed by atoms with Crippen LogP contribution in [-0.2, 0) is 9.47 Å². The van der Waals surface area contributed by atoms with E-state index >= 15 is 0 Å². The molecule has 1 heterocycles. The van der Waals surface area contributed by atoms with Gasteiger partial charge in [-0.05, 0) is 5.53 Å². The summed E-state index contributed by atoms with van der Waals surface area (Å²) in [5, 5.41) is 13.0. The molecule has 90 valence electrons. The van der Waals surface area contributed by atoms with Crippen molar-refractivity contribution in [3.8, 4) is 0 Å². The molecule has 6 heteroatoms. The van der Waals surface area contributed by atoms with Crippen LogP contribution in [0.3, 0.4) is 0 Å². The molecule has 1 N–H and O–H groups in total. The number of nitrogens with zero attached hydrogens (tertiary/aromatic N) is 3. The Bertz CT molecular complexity index is 406. The molecule has 6 nitrogen and oxygen atoms in total. The maximum absolute atomic E-state index is 9.63. The fourth-order valence-corrected chi connectivity index (χ4v) is 1.65. The Balaban J connectivity index is 2.04. The molecule has 0 spiro atoms. The quantitative estimate of drug-likeness (QED) is 0.492. The van der Waals surface area contributed by atoms with Crippen molar-refractivity contribution in [1.82, 2.24) is 0 Å². The number of azide groups is 1. The third kappa shape index (κ3) is 2.95. The third-order valence-corrected chi connectivity index (χ3v) is 2.54. The summed E-state index contributed by atoms with van der Waals surface area (Å²) in [4.78, 5) is 2.66.